The predicted molar refractivity (Wildman–Crippen MR) is 84.3 cm³/mol. The van der Waals surface area contributed by atoms with Gasteiger partial charge in [0.2, 0.25) is 11.8 Å². The molecular formula is C17H14FN3O3. The molecule has 0 fully saturated rings. The Hall–Kier alpha value is -3.22. The maximum atomic E-state index is 13.1. The van der Waals surface area contributed by atoms with Crippen LogP contribution in [0.1, 0.15) is 11.5 Å². The van der Waals surface area contributed by atoms with Crippen LogP contribution in [0.2, 0.25) is 0 Å². The summed E-state index contributed by atoms with van der Waals surface area (Å²) in [5, 5.41) is 6.46. The monoisotopic (exact) mass is 327 g/mol. The van der Waals surface area contributed by atoms with Crippen LogP contribution in [0.15, 0.2) is 53.2 Å². The Morgan fingerprint density at radius 2 is 2.17 bits per heavy atom. The highest BCUT2D eigenvalue weighted by Crippen LogP contribution is 2.21. The molecule has 1 N–H and O–H groups in total. The van der Waals surface area contributed by atoms with Crippen LogP contribution in [0.25, 0.3) is 0 Å². The van der Waals surface area contributed by atoms with Crippen molar-refractivity contribution in [3.63, 3.8) is 0 Å². The fourth-order valence-electron chi connectivity index (χ4n) is 2.04. The number of aromatic nitrogens is 2. The van der Waals surface area contributed by atoms with E-state index in [-0.39, 0.29) is 18.1 Å². The van der Waals surface area contributed by atoms with Crippen LogP contribution >= 0.6 is 0 Å². The Kier molecular flexibility index (Phi) is 4.51. The van der Waals surface area contributed by atoms with E-state index in [0.29, 0.717) is 28.8 Å². The van der Waals surface area contributed by atoms with E-state index in [4.69, 9.17) is 9.26 Å². The number of carbonyl (C=O) groups is 1. The van der Waals surface area contributed by atoms with E-state index in [0.717, 1.165) is 0 Å². The van der Waals surface area contributed by atoms with Gasteiger partial charge in [-0.05, 0) is 25.1 Å². The smallest absolute Gasteiger partial charge is 0.230 e. The number of hydrogen-bond acceptors (Lipinski definition) is 5. The van der Waals surface area contributed by atoms with Crippen LogP contribution in [0.4, 0.5) is 10.1 Å². The minimum Gasteiger partial charge on any atom is -0.439 e. The van der Waals surface area contributed by atoms with Crippen molar-refractivity contribution in [2.45, 2.75) is 13.3 Å². The quantitative estimate of drug-likeness (QED) is 0.776. The second-order valence-corrected chi connectivity index (χ2v) is 5.10. The number of ether oxygens (including phenoxy) is 1. The first-order valence-corrected chi connectivity index (χ1v) is 7.20. The number of amides is 1. The molecule has 0 spiro atoms. The van der Waals surface area contributed by atoms with E-state index in [1.165, 1.54) is 18.3 Å². The largest absolute Gasteiger partial charge is 0.439 e. The summed E-state index contributed by atoms with van der Waals surface area (Å²) in [6.07, 6.45) is 1.57. The number of hydrogen-bond donors (Lipinski definition) is 1. The molecule has 0 atom stereocenters. The second-order valence-electron chi connectivity index (χ2n) is 5.10. The lowest BCUT2D eigenvalue weighted by Gasteiger charge is -2.06. The molecule has 7 heteroatoms. The first-order valence-electron chi connectivity index (χ1n) is 7.20. The SMILES string of the molecule is Cc1cc(CC(=O)Nc2ccc(Oc3cccc(F)c3)nc2)no1. The molecular weight excluding hydrogens is 313 g/mol. The van der Waals surface area contributed by atoms with Gasteiger partial charge < -0.3 is 14.6 Å². The number of nitrogens with zero attached hydrogens (tertiary/aromatic N) is 2. The van der Waals surface area contributed by atoms with E-state index in [2.05, 4.69) is 15.5 Å². The molecule has 122 valence electrons. The number of anilines is 1. The maximum Gasteiger partial charge on any atom is 0.230 e. The molecule has 1 aromatic carbocycles. The first-order chi connectivity index (χ1) is 11.6. The highest BCUT2D eigenvalue weighted by molar-refractivity contribution is 5.91. The molecule has 1 amide bonds. The number of benzene rings is 1. The van der Waals surface area contributed by atoms with Gasteiger partial charge in [0.1, 0.15) is 17.3 Å². The van der Waals surface area contributed by atoms with Gasteiger partial charge in [-0.15, -0.1) is 0 Å². The van der Waals surface area contributed by atoms with E-state index in [9.17, 15) is 9.18 Å². The molecule has 24 heavy (non-hydrogen) atoms. The minimum atomic E-state index is -0.389. The van der Waals surface area contributed by atoms with Gasteiger partial charge in [-0.2, -0.15) is 0 Å². The summed E-state index contributed by atoms with van der Waals surface area (Å²) in [5.41, 5.74) is 1.08. The van der Waals surface area contributed by atoms with Crippen LogP contribution in [0.5, 0.6) is 11.6 Å². The lowest BCUT2D eigenvalue weighted by atomic mass is 10.2. The standard InChI is InChI=1S/C17H14FN3O3/c1-11-7-14(21-24-11)9-16(22)20-13-5-6-17(19-10-13)23-15-4-2-3-12(18)8-15/h2-8,10H,9H2,1H3,(H,20,22). The Morgan fingerprint density at radius 3 is 2.83 bits per heavy atom. The van der Waals surface area contributed by atoms with Crippen molar-refractivity contribution in [2.24, 2.45) is 0 Å². The third-order valence-electron chi connectivity index (χ3n) is 3.06. The molecule has 0 bridgehead atoms. The van der Waals surface area contributed by atoms with Gasteiger partial charge in [-0.3, -0.25) is 4.79 Å². The van der Waals surface area contributed by atoms with E-state index in [1.54, 1.807) is 37.3 Å². The Morgan fingerprint density at radius 1 is 1.29 bits per heavy atom. The highest BCUT2D eigenvalue weighted by atomic mass is 19.1. The molecule has 0 aliphatic rings. The number of carbonyl (C=O) groups excluding carboxylic acids is 1. The van der Waals surface area contributed by atoms with E-state index < -0.39 is 0 Å². The van der Waals surface area contributed by atoms with Gasteiger partial charge >= 0.3 is 0 Å². The summed E-state index contributed by atoms with van der Waals surface area (Å²) in [6.45, 7) is 1.76. The Labute approximate surface area is 137 Å². The number of halogens is 1. The van der Waals surface area contributed by atoms with Crippen LogP contribution in [0, 0.1) is 12.7 Å². The summed E-state index contributed by atoms with van der Waals surface area (Å²) in [6, 6.07) is 10.7. The molecule has 2 aromatic heterocycles. The molecule has 0 saturated heterocycles. The summed E-state index contributed by atoms with van der Waals surface area (Å²) in [5.74, 6) is 0.674. The molecule has 3 rings (SSSR count). The second kappa shape index (κ2) is 6.91. The van der Waals surface area contributed by atoms with E-state index >= 15 is 0 Å². The first kappa shape index (κ1) is 15.7. The van der Waals surface area contributed by atoms with Gasteiger partial charge in [0.25, 0.3) is 0 Å². The zero-order valence-corrected chi connectivity index (χ0v) is 12.8. The normalized spacial score (nSPS) is 10.4. The van der Waals surface area contributed by atoms with Gasteiger partial charge in [0.15, 0.2) is 0 Å². The topological polar surface area (TPSA) is 77.2 Å². The molecule has 0 radical (unpaired) electrons. The molecule has 0 aliphatic carbocycles. The summed E-state index contributed by atoms with van der Waals surface area (Å²) in [4.78, 5) is 16.0. The van der Waals surface area contributed by atoms with Crippen molar-refractivity contribution in [3.05, 3.63) is 65.9 Å². The third kappa shape index (κ3) is 4.16. The fraction of sp³-hybridized carbons (Fsp3) is 0.118. The summed E-state index contributed by atoms with van der Waals surface area (Å²) >= 11 is 0. The average molecular weight is 327 g/mol. The van der Waals surface area contributed by atoms with Crippen molar-refractivity contribution in [3.8, 4) is 11.6 Å². The molecule has 6 nitrogen and oxygen atoms in total. The number of rotatable bonds is 5. The van der Waals surface area contributed by atoms with E-state index in [1.807, 2.05) is 0 Å². The average Bonchev–Trinajstić information content (AvgIpc) is 2.94. The minimum absolute atomic E-state index is 0.110. The van der Waals surface area contributed by atoms with Crippen molar-refractivity contribution in [1.82, 2.24) is 10.1 Å². The molecule has 0 aliphatic heterocycles. The fourth-order valence-corrected chi connectivity index (χ4v) is 2.04. The van der Waals surface area contributed by atoms with Crippen molar-refractivity contribution in [1.29, 1.82) is 0 Å². The maximum absolute atomic E-state index is 13.1. The Bertz CT molecular complexity index is 846. The molecule has 0 saturated carbocycles. The van der Waals surface area contributed by atoms with Gasteiger partial charge in [-0.1, -0.05) is 11.2 Å². The van der Waals surface area contributed by atoms with Crippen molar-refractivity contribution >= 4 is 11.6 Å². The van der Waals surface area contributed by atoms with Crippen LogP contribution < -0.4 is 10.1 Å². The summed E-state index contributed by atoms with van der Waals surface area (Å²) in [7, 11) is 0. The zero-order valence-electron chi connectivity index (χ0n) is 12.8. The van der Waals surface area contributed by atoms with Crippen LogP contribution in [-0.2, 0) is 11.2 Å². The predicted octanol–water partition coefficient (Wildman–Crippen LogP) is 3.49. The number of aryl methyl sites for hydroxylation is 1. The number of pyridine rings is 1. The summed E-state index contributed by atoms with van der Waals surface area (Å²) < 4.78 is 23.4. The van der Waals surface area contributed by atoms with Crippen LogP contribution in [-0.4, -0.2) is 16.0 Å². The third-order valence-corrected chi connectivity index (χ3v) is 3.06. The van der Waals surface area contributed by atoms with Crippen LogP contribution in [0.3, 0.4) is 0 Å². The van der Waals surface area contributed by atoms with Gasteiger partial charge in [0, 0.05) is 18.2 Å². The van der Waals surface area contributed by atoms with Gasteiger partial charge in [-0.25, -0.2) is 9.37 Å². The lowest BCUT2D eigenvalue weighted by molar-refractivity contribution is -0.115. The molecule has 3 aromatic rings. The highest BCUT2D eigenvalue weighted by Gasteiger charge is 2.08. The van der Waals surface area contributed by atoms with Gasteiger partial charge in [0.05, 0.1) is 24.0 Å². The molecule has 0 unspecified atom stereocenters. The van der Waals surface area contributed by atoms with Crippen molar-refractivity contribution in [2.75, 3.05) is 5.32 Å². The Balaban J connectivity index is 1.59. The number of nitrogens with one attached hydrogen (secondary N) is 1. The zero-order chi connectivity index (χ0) is 16.9. The molecule has 2 heterocycles. The lowest BCUT2D eigenvalue weighted by Crippen LogP contribution is -2.14. The van der Waals surface area contributed by atoms with Crippen molar-refractivity contribution < 1.29 is 18.4 Å².